The van der Waals surface area contributed by atoms with Crippen molar-refractivity contribution in [1.29, 1.82) is 5.26 Å². The molecule has 0 heterocycles. The summed E-state index contributed by atoms with van der Waals surface area (Å²) in [6, 6.07) is 22.1. The van der Waals surface area contributed by atoms with E-state index in [9.17, 15) is 14.9 Å². The zero-order chi connectivity index (χ0) is 19.9. The van der Waals surface area contributed by atoms with Gasteiger partial charge in [0.2, 0.25) is 0 Å². The lowest BCUT2D eigenvalue weighted by Gasteiger charge is -2.04. The van der Waals surface area contributed by atoms with Crippen LogP contribution in [0.3, 0.4) is 0 Å². The molecule has 0 spiro atoms. The molecule has 28 heavy (non-hydrogen) atoms. The summed E-state index contributed by atoms with van der Waals surface area (Å²) in [5, 5.41) is 19.5. The van der Waals surface area contributed by atoms with E-state index in [4.69, 9.17) is 10.00 Å². The maximum atomic E-state index is 11.9. The number of benzene rings is 3. The monoisotopic (exact) mass is 370 g/mol. The number of rotatable bonds is 5. The van der Waals surface area contributed by atoms with E-state index in [1.165, 1.54) is 24.3 Å². The predicted octanol–water partition coefficient (Wildman–Crippen LogP) is 4.75. The number of ether oxygens (including phenoxy) is 1. The van der Waals surface area contributed by atoms with Crippen LogP contribution in [0.25, 0.3) is 17.2 Å². The molecule has 0 atom stereocenters. The highest BCUT2D eigenvalue weighted by Crippen LogP contribution is 2.23. The number of esters is 1. The van der Waals surface area contributed by atoms with Gasteiger partial charge in [0.15, 0.2) is 0 Å². The first-order valence-corrected chi connectivity index (χ1v) is 8.30. The Labute approximate surface area is 161 Å². The summed E-state index contributed by atoms with van der Waals surface area (Å²) in [5.74, 6) is -0.153. The van der Waals surface area contributed by atoms with E-state index in [0.717, 1.165) is 11.1 Å². The molecular formula is C22H14N2O4. The molecular weight excluding hydrogens is 356 g/mol. The first-order chi connectivity index (χ1) is 13.5. The highest BCUT2D eigenvalue weighted by molar-refractivity contribution is 5.88. The van der Waals surface area contributed by atoms with E-state index in [2.05, 4.69) is 6.07 Å². The zero-order valence-electron chi connectivity index (χ0n) is 14.6. The van der Waals surface area contributed by atoms with Crippen molar-refractivity contribution in [2.45, 2.75) is 0 Å². The third kappa shape index (κ3) is 4.68. The smallest absolute Gasteiger partial charge is 0.336 e. The molecule has 0 bridgehead atoms. The van der Waals surface area contributed by atoms with Crippen molar-refractivity contribution in [3.63, 3.8) is 0 Å². The van der Waals surface area contributed by atoms with Crippen LogP contribution in [-0.4, -0.2) is 10.9 Å². The van der Waals surface area contributed by atoms with Gasteiger partial charge in [-0.15, -0.1) is 0 Å². The third-order valence-corrected chi connectivity index (χ3v) is 3.94. The quantitative estimate of drug-likeness (QED) is 0.212. The van der Waals surface area contributed by atoms with Crippen molar-refractivity contribution in [3.8, 4) is 22.9 Å². The van der Waals surface area contributed by atoms with E-state index < -0.39 is 10.9 Å². The Hall–Kier alpha value is -4.24. The molecule has 6 nitrogen and oxygen atoms in total. The molecule has 0 N–H and O–H groups in total. The van der Waals surface area contributed by atoms with Gasteiger partial charge in [-0.25, -0.2) is 4.79 Å². The Bertz CT molecular complexity index is 1060. The molecule has 0 fully saturated rings. The fraction of sp³-hybridized carbons (Fsp3) is 0. The normalized spacial score (nSPS) is 10.4. The number of non-ortho nitro benzene ring substituents is 1. The first kappa shape index (κ1) is 18.5. The van der Waals surface area contributed by atoms with E-state index >= 15 is 0 Å². The van der Waals surface area contributed by atoms with Gasteiger partial charge in [0.1, 0.15) is 5.75 Å². The van der Waals surface area contributed by atoms with E-state index in [-0.39, 0.29) is 5.69 Å². The van der Waals surface area contributed by atoms with Gasteiger partial charge in [0, 0.05) is 18.2 Å². The Morgan fingerprint density at radius 1 is 0.929 bits per heavy atom. The van der Waals surface area contributed by atoms with Gasteiger partial charge in [-0.05, 0) is 59.2 Å². The van der Waals surface area contributed by atoms with Crippen molar-refractivity contribution in [3.05, 3.63) is 100 Å². The average Bonchev–Trinajstić information content (AvgIpc) is 2.73. The van der Waals surface area contributed by atoms with Crippen molar-refractivity contribution in [2.24, 2.45) is 0 Å². The van der Waals surface area contributed by atoms with Crippen molar-refractivity contribution in [1.82, 2.24) is 0 Å². The van der Waals surface area contributed by atoms with Crippen LogP contribution in [-0.2, 0) is 4.79 Å². The number of nitro benzene ring substituents is 1. The third-order valence-electron chi connectivity index (χ3n) is 3.94. The molecule has 0 aliphatic rings. The van der Waals surface area contributed by atoms with Gasteiger partial charge < -0.3 is 4.74 Å². The summed E-state index contributed by atoms with van der Waals surface area (Å²) in [4.78, 5) is 22.1. The van der Waals surface area contributed by atoms with Gasteiger partial charge in [0.25, 0.3) is 5.69 Å². The number of nitro groups is 1. The molecule has 0 aromatic heterocycles. The van der Waals surface area contributed by atoms with Crippen LogP contribution >= 0.6 is 0 Å². The van der Waals surface area contributed by atoms with Crippen molar-refractivity contribution in [2.75, 3.05) is 0 Å². The molecule has 0 saturated carbocycles. The topological polar surface area (TPSA) is 93.2 Å². The maximum Gasteiger partial charge on any atom is 0.336 e. The second kappa shape index (κ2) is 8.43. The molecule has 0 amide bonds. The van der Waals surface area contributed by atoms with Gasteiger partial charge in [-0.3, -0.25) is 10.1 Å². The van der Waals surface area contributed by atoms with Crippen LogP contribution in [0.2, 0.25) is 0 Å². The molecule has 6 heteroatoms. The van der Waals surface area contributed by atoms with Crippen LogP contribution < -0.4 is 4.74 Å². The fourth-order valence-corrected chi connectivity index (χ4v) is 2.47. The lowest BCUT2D eigenvalue weighted by molar-refractivity contribution is -0.384. The lowest BCUT2D eigenvalue weighted by atomic mass is 10.0. The minimum atomic E-state index is -0.551. The number of hydrogen-bond donors (Lipinski definition) is 0. The summed E-state index contributed by atoms with van der Waals surface area (Å²) in [7, 11) is 0. The van der Waals surface area contributed by atoms with E-state index in [1.807, 2.05) is 24.3 Å². The molecule has 3 rings (SSSR count). The standard InChI is InChI=1S/C22H14N2O4/c23-15-17-1-6-18(7-2-17)19-8-12-21(13-9-19)28-22(25)14-5-16-3-10-20(11-4-16)24(26)27/h1-14H/b14-5+. The highest BCUT2D eigenvalue weighted by atomic mass is 16.6. The number of hydrogen-bond acceptors (Lipinski definition) is 5. The van der Waals surface area contributed by atoms with Crippen LogP contribution in [0, 0.1) is 21.4 Å². The Morgan fingerprint density at radius 2 is 1.50 bits per heavy atom. The average molecular weight is 370 g/mol. The van der Waals surface area contributed by atoms with Crippen LogP contribution in [0.4, 0.5) is 5.69 Å². The largest absolute Gasteiger partial charge is 0.423 e. The van der Waals surface area contributed by atoms with Crippen LogP contribution in [0.5, 0.6) is 5.75 Å². The van der Waals surface area contributed by atoms with Crippen molar-refractivity contribution < 1.29 is 14.5 Å². The minimum Gasteiger partial charge on any atom is -0.423 e. The summed E-state index contributed by atoms with van der Waals surface area (Å²) in [6.07, 6.45) is 2.78. The summed E-state index contributed by atoms with van der Waals surface area (Å²) in [6.45, 7) is 0. The Kier molecular flexibility index (Phi) is 5.58. The maximum absolute atomic E-state index is 11.9. The molecule has 0 aliphatic heterocycles. The lowest BCUT2D eigenvalue weighted by Crippen LogP contribution is -2.03. The van der Waals surface area contributed by atoms with Crippen LogP contribution in [0.1, 0.15) is 11.1 Å². The summed E-state index contributed by atoms with van der Waals surface area (Å²) in [5.41, 5.74) is 3.12. The number of carbonyl (C=O) groups excluding carboxylic acids is 1. The van der Waals surface area contributed by atoms with Crippen molar-refractivity contribution >= 4 is 17.7 Å². The van der Waals surface area contributed by atoms with Gasteiger partial charge in [-0.2, -0.15) is 5.26 Å². The Balaban J connectivity index is 1.62. The molecule has 0 unspecified atom stereocenters. The summed E-state index contributed by atoms with van der Waals surface area (Å²) < 4.78 is 5.25. The molecule has 0 aliphatic carbocycles. The highest BCUT2D eigenvalue weighted by Gasteiger charge is 2.04. The van der Waals surface area contributed by atoms with E-state index in [1.54, 1.807) is 36.4 Å². The van der Waals surface area contributed by atoms with Gasteiger partial charge >= 0.3 is 5.97 Å². The van der Waals surface area contributed by atoms with Gasteiger partial charge in [0.05, 0.1) is 16.6 Å². The number of carbonyl (C=O) groups is 1. The number of nitrogens with zero attached hydrogens (tertiary/aromatic N) is 2. The minimum absolute atomic E-state index is 0.0120. The van der Waals surface area contributed by atoms with Gasteiger partial charge in [-0.1, -0.05) is 24.3 Å². The number of nitriles is 1. The second-order valence-electron chi connectivity index (χ2n) is 5.82. The zero-order valence-corrected chi connectivity index (χ0v) is 14.6. The Morgan fingerprint density at radius 3 is 2.04 bits per heavy atom. The SMILES string of the molecule is N#Cc1ccc(-c2ccc(OC(=O)/C=C/c3ccc([N+](=O)[O-])cc3)cc2)cc1. The van der Waals surface area contributed by atoms with Crippen LogP contribution in [0.15, 0.2) is 78.9 Å². The first-order valence-electron chi connectivity index (χ1n) is 8.30. The molecule has 0 saturated heterocycles. The predicted molar refractivity (Wildman–Crippen MR) is 104 cm³/mol. The summed E-state index contributed by atoms with van der Waals surface area (Å²) >= 11 is 0. The molecule has 3 aromatic carbocycles. The molecule has 136 valence electrons. The fourth-order valence-electron chi connectivity index (χ4n) is 2.47. The second-order valence-corrected chi connectivity index (χ2v) is 5.82. The molecule has 0 radical (unpaired) electrons. The van der Waals surface area contributed by atoms with E-state index in [0.29, 0.717) is 16.9 Å². The molecule has 3 aromatic rings.